The number of rotatable bonds is 4. The lowest BCUT2D eigenvalue weighted by Crippen LogP contribution is -2.00. The van der Waals surface area contributed by atoms with Crippen LogP contribution in [0, 0.1) is 6.92 Å². The Morgan fingerprint density at radius 2 is 2.06 bits per heavy atom. The topological polar surface area (TPSA) is 57.0 Å². The van der Waals surface area contributed by atoms with Gasteiger partial charge in [0.2, 0.25) is 0 Å². The normalized spacial score (nSPS) is 10.2. The minimum absolute atomic E-state index is 0.360. The number of carbonyl (C=O) groups is 1. The van der Waals surface area contributed by atoms with Crippen LogP contribution in [0.5, 0.6) is 5.75 Å². The minimum atomic E-state index is 0.360. The Kier molecular flexibility index (Phi) is 3.18. The zero-order valence-corrected chi connectivity index (χ0v) is 9.75. The van der Waals surface area contributed by atoms with E-state index in [9.17, 15) is 4.79 Å². The zero-order chi connectivity index (χ0) is 12.3. The number of aromatic nitrogens is 3. The first-order valence-corrected chi connectivity index (χ1v) is 5.37. The highest BCUT2D eigenvalue weighted by Crippen LogP contribution is 2.16. The number of aldehydes is 1. The standard InChI is InChI=1S/C12H13N3O2/c1-3-17-11-6-4-10(5-7-11)15-9(2)12(8-16)13-14-15/h4-8H,3H2,1-2H3. The molecule has 0 saturated carbocycles. The van der Waals surface area contributed by atoms with Gasteiger partial charge in [-0.25, -0.2) is 4.68 Å². The van der Waals surface area contributed by atoms with Gasteiger partial charge in [-0.2, -0.15) is 0 Å². The quantitative estimate of drug-likeness (QED) is 0.753. The summed E-state index contributed by atoms with van der Waals surface area (Å²) in [6.45, 7) is 4.38. The highest BCUT2D eigenvalue weighted by Gasteiger charge is 2.08. The maximum atomic E-state index is 10.7. The molecule has 0 aliphatic rings. The third-order valence-corrected chi connectivity index (χ3v) is 2.43. The molecule has 2 aromatic rings. The predicted octanol–water partition coefficient (Wildman–Crippen LogP) is 1.79. The zero-order valence-electron chi connectivity index (χ0n) is 9.75. The van der Waals surface area contributed by atoms with E-state index in [0.29, 0.717) is 18.6 Å². The van der Waals surface area contributed by atoms with Crippen molar-refractivity contribution < 1.29 is 9.53 Å². The van der Waals surface area contributed by atoms with Crippen molar-refractivity contribution in [3.8, 4) is 11.4 Å². The van der Waals surface area contributed by atoms with E-state index in [1.807, 2.05) is 31.2 Å². The largest absolute Gasteiger partial charge is 0.494 e. The Labute approximate surface area is 99.0 Å². The molecule has 17 heavy (non-hydrogen) atoms. The molecule has 0 saturated heterocycles. The van der Waals surface area contributed by atoms with Crippen LogP contribution in [0.15, 0.2) is 24.3 Å². The summed E-state index contributed by atoms with van der Waals surface area (Å²) < 4.78 is 6.98. The molecule has 0 aliphatic heterocycles. The average molecular weight is 231 g/mol. The first kappa shape index (κ1) is 11.3. The van der Waals surface area contributed by atoms with Gasteiger partial charge >= 0.3 is 0 Å². The van der Waals surface area contributed by atoms with Crippen molar-refractivity contribution >= 4 is 6.29 Å². The van der Waals surface area contributed by atoms with Gasteiger partial charge in [0.05, 0.1) is 18.0 Å². The molecule has 0 spiro atoms. The van der Waals surface area contributed by atoms with Crippen LogP contribution in [-0.4, -0.2) is 27.9 Å². The van der Waals surface area contributed by atoms with Crippen molar-refractivity contribution in [3.05, 3.63) is 35.7 Å². The van der Waals surface area contributed by atoms with Gasteiger partial charge in [-0.15, -0.1) is 5.10 Å². The summed E-state index contributed by atoms with van der Waals surface area (Å²) in [5, 5.41) is 7.71. The van der Waals surface area contributed by atoms with E-state index in [0.717, 1.165) is 17.1 Å². The molecule has 5 heteroatoms. The molecule has 1 aromatic carbocycles. The number of carbonyl (C=O) groups excluding carboxylic acids is 1. The molecule has 0 amide bonds. The van der Waals surface area contributed by atoms with Gasteiger partial charge < -0.3 is 4.74 Å². The third kappa shape index (κ3) is 2.18. The summed E-state index contributed by atoms with van der Waals surface area (Å²) in [5.41, 5.74) is 1.94. The first-order chi connectivity index (χ1) is 8.26. The van der Waals surface area contributed by atoms with Gasteiger partial charge in [-0.05, 0) is 38.1 Å². The summed E-state index contributed by atoms with van der Waals surface area (Å²) in [6, 6.07) is 7.48. The minimum Gasteiger partial charge on any atom is -0.494 e. The van der Waals surface area contributed by atoms with E-state index in [1.165, 1.54) is 0 Å². The fraction of sp³-hybridized carbons (Fsp3) is 0.250. The number of hydrogen-bond donors (Lipinski definition) is 0. The van der Waals surface area contributed by atoms with Crippen LogP contribution in [-0.2, 0) is 0 Å². The summed E-state index contributed by atoms with van der Waals surface area (Å²) in [5.74, 6) is 0.810. The number of ether oxygens (including phenoxy) is 1. The van der Waals surface area contributed by atoms with Gasteiger partial charge in [-0.1, -0.05) is 5.21 Å². The molecule has 1 aromatic heterocycles. The van der Waals surface area contributed by atoms with Crippen LogP contribution in [0.1, 0.15) is 23.1 Å². The van der Waals surface area contributed by atoms with Crippen LogP contribution in [0.2, 0.25) is 0 Å². The van der Waals surface area contributed by atoms with Crippen LogP contribution >= 0.6 is 0 Å². The van der Waals surface area contributed by atoms with Gasteiger partial charge in [-0.3, -0.25) is 4.79 Å². The monoisotopic (exact) mass is 231 g/mol. The lowest BCUT2D eigenvalue weighted by molar-refractivity contribution is 0.111. The summed E-state index contributed by atoms with van der Waals surface area (Å²) in [7, 11) is 0. The second kappa shape index (κ2) is 4.78. The lowest BCUT2D eigenvalue weighted by atomic mass is 10.3. The van der Waals surface area contributed by atoms with Crippen molar-refractivity contribution in [1.82, 2.24) is 15.0 Å². The van der Waals surface area contributed by atoms with Gasteiger partial charge in [0, 0.05) is 0 Å². The Morgan fingerprint density at radius 3 is 2.59 bits per heavy atom. The average Bonchev–Trinajstić information content (AvgIpc) is 2.72. The third-order valence-electron chi connectivity index (χ3n) is 2.43. The molecule has 0 bridgehead atoms. The van der Waals surface area contributed by atoms with E-state index >= 15 is 0 Å². The Hall–Kier alpha value is -2.17. The molecule has 0 N–H and O–H groups in total. The second-order valence-corrected chi connectivity index (χ2v) is 3.52. The second-order valence-electron chi connectivity index (χ2n) is 3.52. The van der Waals surface area contributed by atoms with Crippen molar-refractivity contribution in [2.24, 2.45) is 0 Å². The van der Waals surface area contributed by atoms with Crippen LogP contribution in [0.25, 0.3) is 5.69 Å². The Bertz CT molecular complexity index is 517. The summed E-state index contributed by atoms with van der Waals surface area (Å²) >= 11 is 0. The molecule has 1 heterocycles. The fourth-order valence-corrected chi connectivity index (χ4v) is 1.55. The van der Waals surface area contributed by atoms with E-state index in [-0.39, 0.29) is 0 Å². The summed E-state index contributed by atoms with van der Waals surface area (Å²) in [4.78, 5) is 10.7. The fourth-order valence-electron chi connectivity index (χ4n) is 1.55. The highest BCUT2D eigenvalue weighted by atomic mass is 16.5. The van der Waals surface area contributed by atoms with E-state index < -0.39 is 0 Å². The van der Waals surface area contributed by atoms with Crippen molar-refractivity contribution in [2.75, 3.05) is 6.61 Å². The van der Waals surface area contributed by atoms with Crippen molar-refractivity contribution in [3.63, 3.8) is 0 Å². The maximum Gasteiger partial charge on any atom is 0.172 e. The molecule has 0 aliphatic carbocycles. The van der Waals surface area contributed by atoms with Crippen LogP contribution < -0.4 is 4.74 Å². The molecular weight excluding hydrogens is 218 g/mol. The van der Waals surface area contributed by atoms with E-state index in [2.05, 4.69) is 10.3 Å². The molecule has 0 atom stereocenters. The molecule has 0 radical (unpaired) electrons. The van der Waals surface area contributed by atoms with Gasteiger partial charge in [0.1, 0.15) is 11.4 Å². The Morgan fingerprint density at radius 1 is 1.35 bits per heavy atom. The van der Waals surface area contributed by atoms with Crippen LogP contribution in [0.3, 0.4) is 0 Å². The highest BCUT2D eigenvalue weighted by molar-refractivity contribution is 5.73. The molecule has 2 rings (SSSR count). The van der Waals surface area contributed by atoms with E-state index in [1.54, 1.807) is 11.6 Å². The van der Waals surface area contributed by atoms with E-state index in [4.69, 9.17) is 4.74 Å². The van der Waals surface area contributed by atoms with Gasteiger partial charge in [0.15, 0.2) is 6.29 Å². The first-order valence-electron chi connectivity index (χ1n) is 5.37. The molecule has 88 valence electrons. The number of hydrogen-bond acceptors (Lipinski definition) is 4. The van der Waals surface area contributed by atoms with Crippen molar-refractivity contribution in [1.29, 1.82) is 0 Å². The van der Waals surface area contributed by atoms with Crippen LogP contribution in [0.4, 0.5) is 0 Å². The summed E-state index contributed by atoms with van der Waals surface area (Å²) in [6.07, 6.45) is 0.702. The lowest BCUT2D eigenvalue weighted by Gasteiger charge is -2.05. The number of benzene rings is 1. The number of nitrogens with zero attached hydrogens (tertiary/aromatic N) is 3. The SMILES string of the molecule is CCOc1ccc(-n2nnc(C=O)c2C)cc1. The maximum absolute atomic E-state index is 10.7. The molecule has 0 fully saturated rings. The Balaban J connectivity index is 2.33. The van der Waals surface area contributed by atoms with Crippen molar-refractivity contribution in [2.45, 2.75) is 13.8 Å². The predicted molar refractivity (Wildman–Crippen MR) is 62.7 cm³/mol. The molecular formula is C12H13N3O2. The van der Waals surface area contributed by atoms with Gasteiger partial charge in [0.25, 0.3) is 0 Å². The smallest absolute Gasteiger partial charge is 0.172 e. The molecule has 0 unspecified atom stereocenters. The molecule has 5 nitrogen and oxygen atoms in total.